The van der Waals surface area contributed by atoms with Gasteiger partial charge in [0.1, 0.15) is 11.4 Å². The minimum atomic E-state index is 0.0444. The summed E-state index contributed by atoms with van der Waals surface area (Å²) in [6.45, 7) is 0.0444. The molecule has 4 heteroatoms. The lowest BCUT2D eigenvalue weighted by Crippen LogP contribution is -1.87. The average Bonchev–Trinajstić information content (AvgIpc) is 3.11. The molecule has 0 fully saturated rings. The number of imidazole rings is 1. The van der Waals surface area contributed by atoms with Crippen LogP contribution < -0.4 is 4.74 Å². The van der Waals surface area contributed by atoms with Crippen LogP contribution in [0.3, 0.4) is 0 Å². The van der Waals surface area contributed by atoms with E-state index in [1.54, 1.807) is 7.11 Å². The molecule has 0 spiro atoms. The molecule has 2 aromatic heterocycles. The maximum atomic E-state index is 9.32. The third kappa shape index (κ3) is 2.99. The van der Waals surface area contributed by atoms with Crippen molar-refractivity contribution in [1.82, 2.24) is 9.38 Å². The molecule has 0 aliphatic carbocycles. The minimum Gasteiger partial charge on any atom is -0.497 e. The average molecular weight is 330 g/mol. The second-order valence-electron chi connectivity index (χ2n) is 5.90. The number of pyridine rings is 1. The monoisotopic (exact) mass is 330 g/mol. The van der Waals surface area contributed by atoms with Gasteiger partial charge in [0.2, 0.25) is 0 Å². The molecule has 0 aliphatic heterocycles. The summed E-state index contributed by atoms with van der Waals surface area (Å²) >= 11 is 0. The number of nitrogens with zero attached hydrogens (tertiary/aromatic N) is 2. The van der Waals surface area contributed by atoms with Crippen LogP contribution in [0.4, 0.5) is 0 Å². The zero-order valence-corrected chi connectivity index (χ0v) is 13.9. The normalized spacial score (nSPS) is 11.0. The maximum Gasteiger partial charge on any atom is 0.137 e. The standard InChI is InChI=1S/C21H18N2O2/c1-25-19-8-5-16(6-9-19)20-13-23-12-18(7-10-21(23)22-20)17-4-2-3-15(11-17)14-24/h2-13,24H,14H2,1H3. The molecule has 0 amide bonds. The molecule has 0 radical (unpaired) electrons. The molecule has 0 aliphatic rings. The summed E-state index contributed by atoms with van der Waals surface area (Å²) in [5, 5.41) is 9.32. The molecule has 0 saturated carbocycles. The molecule has 4 rings (SSSR count). The molecule has 0 atom stereocenters. The second-order valence-corrected chi connectivity index (χ2v) is 5.90. The van der Waals surface area contributed by atoms with Crippen LogP contribution in [0.25, 0.3) is 28.0 Å². The zero-order valence-electron chi connectivity index (χ0n) is 13.9. The van der Waals surface area contributed by atoms with Gasteiger partial charge in [-0.15, -0.1) is 0 Å². The quantitative estimate of drug-likeness (QED) is 0.611. The lowest BCUT2D eigenvalue weighted by atomic mass is 10.1. The van der Waals surface area contributed by atoms with Crippen LogP contribution in [-0.4, -0.2) is 21.6 Å². The number of benzene rings is 2. The molecule has 0 unspecified atom stereocenters. The van der Waals surface area contributed by atoms with Gasteiger partial charge in [-0.05, 0) is 59.2 Å². The van der Waals surface area contributed by atoms with E-state index >= 15 is 0 Å². The molecule has 124 valence electrons. The largest absolute Gasteiger partial charge is 0.497 e. The van der Waals surface area contributed by atoms with Gasteiger partial charge in [-0.1, -0.05) is 18.2 Å². The first-order valence-electron chi connectivity index (χ1n) is 8.10. The highest BCUT2D eigenvalue weighted by Gasteiger charge is 2.07. The Bertz CT molecular complexity index is 1020. The Morgan fingerprint density at radius 1 is 0.920 bits per heavy atom. The van der Waals surface area contributed by atoms with Crippen LogP contribution in [0, 0.1) is 0 Å². The van der Waals surface area contributed by atoms with Gasteiger partial charge in [-0.2, -0.15) is 0 Å². The van der Waals surface area contributed by atoms with Gasteiger partial charge in [-0.25, -0.2) is 4.98 Å². The first-order chi connectivity index (χ1) is 12.3. The van der Waals surface area contributed by atoms with Crippen LogP contribution in [0.1, 0.15) is 5.56 Å². The SMILES string of the molecule is COc1ccc(-c2cn3cc(-c4cccc(CO)c4)ccc3n2)cc1. The second kappa shape index (κ2) is 6.42. The Labute approximate surface area is 146 Å². The molecule has 4 nitrogen and oxygen atoms in total. The summed E-state index contributed by atoms with van der Waals surface area (Å²) in [7, 11) is 1.66. The van der Waals surface area contributed by atoms with E-state index in [0.717, 1.165) is 39.3 Å². The summed E-state index contributed by atoms with van der Waals surface area (Å²) in [5.74, 6) is 0.832. The third-order valence-corrected chi connectivity index (χ3v) is 4.28. The number of rotatable bonds is 4. The van der Waals surface area contributed by atoms with Crippen molar-refractivity contribution in [2.24, 2.45) is 0 Å². The molecule has 25 heavy (non-hydrogen) atoms. The summed E-state index contributed by atoms with van der Waals surface area (Å²) in [5.41, 5.74) is 5.93. The van der Waals surface area contributed by atoms with Crippen molar-refractivity contribution in [3.8, 4) is 28.1 Å². The number of aliphatic hydroxyl groups excluding tert-OH is 1. The molecule has 2 aromatic carbocycles. The number of fused-ring (bicyclic) bond motifs is 1. The molecular formula is C21H18N2O2. The molecule has 2 heterocycles. The van der Waals surface area contributed by atoms with E-state index in [0.29, 0.717) is 0 Å². The van der Waals surface area contributed by atoms with Crippen molar-refractivity contribution in [3.05, 3.63) is 78.6 Å². The first-order valence-corrected chi connectivity index (χ1v) is 8.10. The Morgan fingerprint density at radius 2 is 1.72 bits per heavy atom. The Morgan fingerprint density at radius 3 is 2.48 bits per heavy atom. The predicted octanol–water partition coefficient (Wildman–Crippen LogP) is 4.17. The fourth-order valence-corrected chi connectivity index (χ4v) is 2.91. The molecule has 0 saturated heterocycles. The van der Waals surface area contributed by atoms with E-state index in [9.17, 15) is 5.11 Å². The van der Waals surface area contributed by atoms with Gasteiger partial charge in [0.25, 0.3) is 0 Å². The number of hydrogen-bond donors (Lipinski definition) is 1. The smallest absolute Gasteiger partial charge is 0.137 e. The van der Waals surface area contributed by atoms with Gasteiger partial charge in [0, 0.05) is 18.0 Å². The Kier molecular flexibility index (Phi) is 3.96. The lowest BCUT2D eigenvalue weighted by molar-refractivity contribution is 0.282. The van der Waals surface area contributed by atoms with Crippen molar-refractivity contribution in [1.29, 1.82) is 0 Å². The highest BCUT2D eigenvalue weighted by molar-refractivity contribution is 5.68. The van der Waals surface area contributed by atoms with E-state index in [2.05, 4.69) is 17.2 Å². The van der Waals surface area contributed by atoms with Gasteiger partial charge in [0.05, 0.1) is 19.4 Å². The highest BCUT2D eigenvalue weighted by atomic mass is 16.5. The molecule has 4 aromatic rings. The Hall–Kier alpha value is -3.11. The third-order valence-electron chi connectivity index (χ3n) is 4.28. The van der Waals surface area contributed by atoms with E-state index in [4.69, 9.17) is 4.74 Å². The zero-order chi connectivity index (χ0) is 17.2. The molecular weight excluding hydrogens is 312 g/mol. The van der Waals surface area contributed by atoms with Crippen LogP contribution >= 0.6 is 0 Å². The van der Waals surface area contributed by atoms with E-state index in [-0.39, 0.29) is 6.61 Å². The Balaban J connectivity index is 1.73. The lowest BCUT2D eigenvalue weighted by Gasteiger charge is -2.04. The van der Waals surface area contributed by atoms with Gasteiger partial charge in [0.15, 0.2) is 0 Å². The predicted molar refractivity (Wildman–Crippen MR) is 98.5 cm³/mol. The summed E-state index contributed by atoms with van der Waals surface area (Å²) in [6, 6.07) is 19.9. The summed E-state index contributed by atoms with van der Waals surface area (Å²) in [6.07, 6.45) is 4.09. The molecule has 0 bridgehead atoms. The van der Waals surface area contributed by atoms with Gasteiger partial charge >= 0.3 is 0 Å². The number of aliphatic hydroxyl groups is 1. The summed E-state index contributed by atoms with van der Waals surface area (Å²) < 4.78 is 7.23. The topological polar surface area (TPSA) is 46.8 Å². The number of aromatic nitrogens is 2. The van der Waals surface area contributed by atoms with Crippen molar-refractivity contribution in [3.63, 3.8) is 0 Å². The first kappa shape index (κ1) is 15.4. The van der Waals surface area contributed by atoms with Crippen LogP contribution in [0.5, 0.6) is 5.75 Å². The fraction of sp³-hybridized carbons (Fsp3) is 0.0952. The van der Waals surface area contributed by atoms with E-state index in [1.807, 2.05) is 65.2 Å². The van der Waals surface area contributed by atoms with Crippen molar-refractivity contribution in [2.45, 2.75) is 6.61 Å². The number of ether oxygens (including phenoxy) is 1. The fourth-order valence-electron chi connectivity index (χ4n) is 2.91. The number of methoxy groups -OCH3 is 1. The van der Waals surface area contributed by atoms with Crippen LogP contribution in [0.15, 0.2) is 73.1 Å². The van der Waals surface area contributed by atoms with E-state index < -0.39 is 0 Å². The minimum absolute atomic E-state index is 0.0444. The maximum absolute atomic E-state index is 9.32. The van der Waals surface area contributed by atoms with E-state index in [1.165, 1.54) is 0 Å². The highest BCUT2D eigenvalue weighted by Crippen LogP contribution is 2.25. The van der Waals surface area contributed by atoms with Gasteiger partial charge in [-0.3, -0.25) is 0 Å². The van der Waals surface area contributed by atoms with Gasteiger partial charge < -0.3 is 14.2 Å². The van der Waals surface area contributed by atoms with Crippen molar-refractivity contribution >= 4 is 5.65 Å². The van der Waals surface area contributed by atoms with Crippen molar-refractivity contribution in [2.75, 3.05) is 7.11 Å². The van der Waals surface area contributed by atoms with Crippen LogP contribution in [-0.2, 0) is 6.61 Å². The van der Waals surface area contributed by atoms with Crippen LogP contribution in [0.2, 0.25) is 0 Å². The summed E-state index contributed by atoms with van der Waals surface area (Å²) in [4.78, 5) is 4.69. The number of hydrogen-bond acceptors (Lipinski definition) is 3. The van der Waals surface area contributed by atoms with Crippen molar-refractivity contribution < 1.29 is 9.84 Å². The molecule has 1 N–H and O–H groups in total.